The topological polar surface area (TPSA) is 119 Å². The number of ether oxygens (including phenoxy) is 1. The molecule has 0 spiro atoms. The Hall–Kier alpha value is -2.81. The van der Waals surface area contributed by atoms with Crippen LogP contribution < -0.4 is 5.32 Å². The maximum Gasteiger partial charge on any atom is 0.329 e. The predicted octanol–water partition coefficient (Wildman–Crippen LogP) is 0.207. The maximum absolute atomic E-state index is 12.9. The van der Waals surface area contributed by atoms with E-state index in [1.807, 2.05) is 30.3 Å². The van der Waals surface area contributed by atoms with E-state index in [4.69, 9.17) is 4.74 Å². The summed E-state index contributed by atoms with van der Waals surface area (Å²) in [7, 11) is 0. The smallest absolute Gasteiger partial charge is 0.329 e. The van der Waals surface area contributed by atoms with Crippen molar-refractivity contribution in [3.8, 4) is 0 Å². The third kappa shape index (κ3) is 3.82. The number of tetrazole rings is 1. The molecule has 2 aromatic rings. The minimum Gasteiger partial charge on any atom is -0.480 e. The average Bonchev–Trinajstić information content (AvgIpc) is 3.15. The van der Waals surface area contributed by atoms with E-state index in [0.717, 1.165) is 5.56 Å². The summed E-state index contributed by atoms with van der Waals surface area (Å²) in [5.74, 6) is -1.49. The highest BCUT2D eigenvalue weighted by Gasteiger charge is 2.43. The highest BCUT2D eigenvalue weighted by molar-refractivity contribution is 5.89. The third-order valence-electron chi connectivity index (χ3n) is 4.38. The molecule has 0 aliphatic carbocycles. The Labute approximate surface area is 144 Å². The van der Waals surface area contributed by atoms with Crippen LogP contribution in [-0.2, 0) is 20.7 Å². The lowest BCUT2D eigenvalue weighted by molar-refractivity contribution is -0.152. The van der Waals surface area contributed by atoms with Crippen molar-refractivity contribution in [2.75, 3.05) is 13.2 Å². The van der Waals surface area contributed by atoms with E-state index < -0.39 is 23.5 Å². The number of hydrogen-bond acceptors (Lipinski definition) is 6. The molecule has 9 heteroatoms. The van der Waals surface area contributed by atoms with Gasteiger partial charge in [0.2, 0.25) is 5.91 Å². The van der Waals surface area contributed by atoms with E-state index in [0.29, 0.717) is 19.6 Å². The van der Waals surface area contributed by atoms with Gasteiger partial charge in [0.25, 0.3) is 0 Å². The number of amides is 1. The number of carbonyl (C=O) groups excluding carboxylic acids is 1. The first-order valence-corrected chi connectivity index (χ1v) is 8.00. The van der Waals surface area contributed by atoms with E-state index in [9.17, 15) is 14.7 Å². The molecule has 9 nitrogen and oxygen atoms in total. The number of hydrogen-bond donors (Lipinski definition) is 2. The normalized spacial score (nSPS) is 17.6. The van der Waals surface area contributed by atoms with Crippen molar-refractivity contribution in [1.29, 1.82) is 0 Å². The zero-order valence-corrected chi connectivity index (χ0v) is 13.5. The van der Waals surface area contributed by atoms with E-state index in [-0.39, 0.29) is 12.8 Å². The number of benzene rings is 1. The molecule has 132 valence electrons. The molecule has 1 unspecified atom stereocenters. The zero-order valence-electron chi connectivity index (χ0n) is 13.5. The van der Waals surface area contributed by atoms with Crippen molar-refractivity contribution in [2.24, 2.45) is 0 Å². The van der Waals surface area contributed by atoms with Crippen LogP contribution in [0.25, 0.3) is 0 Å². The molecule has 2 N–H and O–H groups in total. The quantitative estimate of drug-likeness (QED) is 0.768. The van der Waals surface area contributed by atoms with Gasteiger partial charge >= 0.3 is 5.97 Å². The summed E-state index contributed by atoms with van der Waals surface area (Å²) in [6, 6.07) is 8.69. The van der Waals surface area contributed by atoms with Crippen LogP contribution in [0, 0.1) is 0 Å². The standard InChI is InChI=1S/C16H19N5O4/c22-14(18-16(15(23)24)6-8-25-9-7-16)13(21-11-17-19-20-21)10-12-4-2-1-3-5-12/h1-5,11,13H,6-10H2,(H,18,22)(H,23,24). The number of nitrogens with zero attached hydrogens (tertiary/aromatic N) is 4. The van der Waals surface area contributed by atoms with Crippen molar-refractivity contribution in [3.05, 3.63) is 42.2 Å². The number of nitrogens with one attached hydrogen (secondary N) is 1. The molecule has 1 fully saturated rings. The number of aliphatic carboxylic acids is 1. The second kappa shape index (κ2) is 7.39. The number of carboxylic acids is 1. The Bertz CT molecular complexity index is 713. The number of carboxylic acid groups (broad SMARTS) is 1. The number of rotatable bonds is 6. The fourth-order valence-corrected chi connectivity index (χ4v) is 2.89. The Balaban J connectivity index is 1.82. The van der Waals surface area contributed by atoms with Gasteiger partial charge in [0.1, 0.15) is 17.9 Å². The Kier molecular flexibility index (Phi) is 5.03. The average molecular weight is 345 g/mol. The van der Waals surface area contributed by atoms with Crippen LogP contribution >= 0.6 is 0 Å². The van der Waals surface area contributed by atoms with Gasteiger partial charge < -0.3 is 15.2 Å². The van der Waals surface area contributed by atoms with Gasteiger partial charge in [0.05, 0.1) is 0 Å². The predicted molar refractivity (Wildman–Crippen MR) is 85.6 cm³/mol. The van der Waals surface area contributed by atoms with Crippen LogP contribution in [0.4, 0.5) is 0 Å². The molecule has 0 bridgehead atoms. The third-order valence-corrected chi connectivity index (χ3v) is 4.38. The summed E-state index contributed by atoms with van der Waals surface area (Å²) in [4.78, 5) is 24.7. The van der Waals surface area contributed by atoms with Crippen molar-refractivity contribution in [3.63, 3.8) is 0 Å². The lowest BCUT2D eigenvalue weighted by atomic mass is 9.89. The molecule has 1 saturated heterocycles. The van der Waals surface area contributed by atoms with Crippen LogP contribution in [0.1, 0.15) is 24.4 Å². The first kappa shape index (κ1) is 17.0. The molecule has 0 radical (unpaired) electrons. The summed E-state index contributed by atoms with van der Waals surface area (Å²) in [5.41, 5.74) is -0.396. The second-order valence-corrected chi connectivity index (χ2v) is 5.98. The van der Waals surface area contributed by atoms with Crippen molar-refractivity contribution < 1.29 is 19.4 Å². The fourth-order valence-electron chi connectivity index (χ4n) is 2.89. The molecule has 1 aromatic carbocycles. The molecule has 1 aliphatic heterocycles. The van der Waals surface area contributed by atoms with Crippen LogP contribution in [0.5, 0.6) is 0 Å². The molecule has 1 atom stereocenters. The Morgan fingerprint density at radius 3 is 2.60 bits per heavy atom. The van der Waals surface area contributed by atoms with Crippen LogP contribution in [0.3, 0.4) is 0 Å². The minimum atomic E-state index is -1.32. The van der Waals surface area contributed by atoms with Gasteiger partial charge in [-0.2, -0.15) is 0 Å². The van der Waals surface area contributed by atoms with Gasteiger partial charge in [-0.1, -0.05) is 30.3 Å². The van der Waals surface area contributed by atoms with E-state index >= 15 is 0 Å². The molecule has 25 heavy (non-hydrogen) atoms. The first-order chi connectivity index (χ1) is 12.1. The van der Waals surface area contributed by atoms with Crippen molar-refractivity contribution in [1.82, 2.24) is 25.5 Å². The van der Waals surface area contributed by atoms with Gasteiger partial charge in [-0.05, 0) is 16.0 Å². The second-order valence-electron chi connectivity index (χ2n) is 5.98. The van der Waals surface area contributed by atoms with Gasteiger partial charge in [-0.3, -0.25) is 4.79 Å². The van der Waals surface area contributed by atoms with Crippen molar-refractivity contribution >= 4 is 11.9 Å². The molecule has 3 rings (SSSR count). The minimum absolute atomic E-state index is 0.224. The van der Waals surface area contributed by atoms with Crippen LogP contribution in [0.15, 0.2) is 36.7 Å². The van der Waals surface area contributed by atoms with Gasteiger partial charge in [0.15, 0.2) is 0 Å². The van der Waals surface area contributed by atoms with Gasteiger partial charge in [0, 0.05) is 32.5 Å². The summed E-state index contributed by atoms with van der Waals surface area (Å²) in [5, 5.41) is 23.3. The van der Waals surface area contributed by atoms with Gasteiger partial charge in [-0.15, -0.1) is 5.10 Å². The monoisotopic (exact) mass is 345 g/mol. The maximum atomic E-state index is 12.9. The molecule has 1 aromatic heterocycles. The Morgan fingerprint density at radius 2 is 2.00 bits per heavy atom. The van der Waals surface area contributed by atoms with E-state index in [2.05, 4.69) is 20.8 Å². The summed E-state index contributed by atoms with van der Waals surface area (Å²) in [6.07, 6.45) is 2.15. The number of carbonyl (C=O) groups is 2. The lowest BCUT2D eigenvalue weighted by Gasteiger charge is -2.35. The van der Waals surface area contributed by atoms with Gasteiger partial charge in [-0.25, -0.2) is 9.48 Å². The molecule has 1 amide bonds. The van der Waals surface area contributed by atoms with Crippen LogP contribution in [0.2, 0.25) is 0 Å². The van der Waals surface area contributed by atoms with E-state index in [1.54, 1.807) is 0 Å². The summed E-state index contributed by atoms with van der Waals surface area (Å²) < 4.78 is 6.58. The number of aromatic nitrogens is 4. The highest BCUT2D eigenvalue weighted by Crippen LogP contribution is 2.23. The summed E-state index contributed by atoms with van der Waals surface area (Å²) >= 11 is 0. The van der Waals surface area contributed by atoms with Crippen molar-refractivity contribution in [2.45, 2.75) is 30.8 Å². The molecular weight excluding hydrogens is 326 g/mol. The largest absolute Gasteiger partial charge is 0.480 e. The lowest BCUT2D eigenvalue weighted by Crippen LogP contribution is -2.59. The van der Waals surface area contributed by atoms with E-state index in [1.165, 1.54) is 11.0 Å². The first-order valence-electron chi connectivity index (χ1n) is 8.00. The molecule has 0 saturated carbocycles. The molecule has 1 aliphatic rings. The SMILES string of the molecule is O=C(NC1(C(=O)O)CCOCC1)C(Cc1ccccc1)n1cnnn1. The van der Waals surface area contributed by atoms with Crippen LogP contribution in [-0.4, -0.2) is 55.9 Å². The molecule has 2 heterocycles. The molecular formula is C16H19N5O4. The zero-order chi connectivity index (χ0) is 17.7. The Morgan fingerprint density at radius 1 is 1.28 bits per heavy atom. The summed E-state index contributed by atoms with van der Waals surface area (Å²) in [6.45, 7) is 0.585. The highest BCUT2D eigenvalue weighted by atomic mass is 16.5. The fraction of sp³-hybridized carbons (Fsp3) is 0.438.